The Labute approximate surface area is 223 Å². The number of carboxylic acids is 1. The Balaban J connectivity index is 0.000000689. The van der Waals surface area contributed by atoms with Crippen molar-refractivity contribution in [1.82, 2.24) is 24.4 Å². The molecule has 188 valence electrons. The van der Waals surface area contributed by atoms with Crippen molar-refractivity contribution in [1.29, 1.82) is 0 Å². The van der Waals surface area contributed by atoms with Crippen LogP contribution in [0.1, 0.15) is 12.5 Å². The molecule has 6 aromatic rings. The van der Waals surface area contributed by atoms with Crippen molar-refractivity contribution in [2.45, 2.75) is 6.92 Å². The Morgan fingerprint density at radius 2 is 1.61 bits per heavy atom. The number of hydrogen-bond acceptors (Lipinski definition) is 8. The fraction of sp³-hybridized carbons (Fsp3) is 0.0370. The van der Waals surface area contributed by atoms with Gasteiger partial charge in [-0.15, -0.1) is 11.3 Å². The van der Waals surface area contributed by atoms with E-state index in [-0.39, 0.29) is 16.2 Å². The van der Waals surface area contributed by atoms with Gasteiger partial charge in [-0.05, 0) is 29.7 Å². The zero-order valence-electron chi connectivity index (χ0n) is 19.9. The molecule has 0 amide bonds. The molecule has 9 nitrogen and oxygen atoms in total. The number of aromatic nitrogens is 5. The molecule has 0 radical (unpaired) electrons. The SMILES string of the molecule is CC(=O)O.O=c1nc2s/c(=C\c3cn(-c4ccccc4)nc3-c3cccs3)c(=O)n2nc1-c1ccccc1. The summed E-state index contributed by atoms with van der Waals surface area (Å²) in [6.45, 7) is 1.08. The van der Waals surface area contributed by atoms with Crippen molar-refractivity contribution in [3.8, 4) is 27.5 Å². The summed E-state index contributed by atoms with van der Waals surface area (Å²) in [6, 6.07) is 22.8. The summed E-state index contributed by atoms with van der Waals surface area (Å²) >= 11 is 2.71. The first-order valence-electron chi connectivity index (χ1n) is 11.3. The van der Waals surface area contributed by atoms with E-state index in [0.717, 1.165) is 40.1 Å². The summed E-state index contributed by atoms with van der Waals surface area (Å²) in [6.07, 6.45) is 3.69. The van der Waals surface area contributed by atoms with Crippen LogP contribution < -0.4 is 15.7 Å². The van der Waals surface area contributed by atoms with E-state index in [0.29, 0.717) is 10.1 Å². The third kappa shape index (κ3) is 5.19. The lowest BCUT2D eigenvalue weighted by Gasteiger charge is -1.99. The predicted octanol–water partition coefficient (Wildman–Crippen LogP) is 3.73. The summed E-state index contributed by atoms with van der Waals surface area (Å²) in [5.74, 6) is -0.833. The largest absolute Gasteiger partial charge is 0.481 e. The number of thiophene rings is 1. The van der Waals surface area contributed by atoms with Gasteiger partial charge in [-0.2, -0.15) is 19.7 Å². The van der Waals surface area contributed by atoms with Gasteiger partial charge >= 0.3 is 5.56 Å². The number of carbonyl (C=O) groups is 1. The topological polar surface area (TPSA) is 119 Å². The van der Waals surface area contributed by atoms with E-state index in [4.69, 9.17) is 15.0 Å². The van der Waals surface area contributed by atoms with E-state index in [1.54, 1.807) is 34.2 Å². The minimum absolute atomic E-state index is 0.149. The smallest absolute Gasteiger partial charge is 0.300 e. The van der Waals surface area contributed by atoms with Crippen LogP contribution in [0, 0.1) is 0 Å². The number of para-hydroxylation sites is 1. The lowest BCUT2D eigenvalue weighted by atomic mass is 10.2. The van der Waals surface area contributed by atoms with Crippen LogP contribution in [0.4, 0.5) is 0 Å². The fourth-order valence-corrected chi connectivity index (χ4v) is 5.26. The maximum Gasteiger partial charge on any atom is 0.300 e. The van der Waals surface area contributed by atoms with E-state index >= 15 is 0 Å². The van der Waals surface area contributed by atoms with E-state index in [1.807, 2.05) is 72.2 Å². The van der Waals surface area contributed by atoms with E-state index < -0.39 is 11.5 Å². The van der Waals surface area contributed by atoms with Gasteiger partial charge in [0.15, 0.2) is 5.69 Å². The van der Waals surface area contributed by atoms with E-state index in [2.05, 4.69) is 10.1 Å². The van der Waals surface area contributed by atoms with Gasteiger partial charge in [0.1, 0.15) is 5.69 Å². The Morgan fingerprint density at radius 3 is 2.26 bits per heavy atom. The number of carboxylic acid groups (broad SMARTS) is 1. The molecule has 0 aliphatic heterocycles. The average Bonchev–Trinajstić information content (AvgIpc) is 3.65. The summed E-state index contributed by atoms with van der Waals surface area (Å²) in [5, 5.41) is 18.5. The maximum atomic E-state index is 13.2. The highest BCUT2D eigenvalue weighted by Gasteiger charge is 2.15. The van der Waals surface area contributed by atoms with E-state index in [9.17, 15) is 9.59 Å². The summed E-state index contributed by atoms with van der Waals surface area (Å²) in [5.41, 5.74) is 2.46. The van der Waals surface area contributed by atoms with Crippen LogP contribution >= 0.6 is 22.7 Å². The number of fused-ring (bicyclic) bond motifs is 1. The van der Waals surface area contributed by atoms with Gasteiger partial charge in [0, 0.05) is 24.2 Å². The molecular formula is C27H19N5O4S2. The highest BCUT2D eigenvalue weighted by molar-refractivity contribution is 7.15. The van der Waals surface area contributed by atoms with Gasteiger partial charge in [-0.1, -0.05) is 65.9 Å². The van der Waals surface area contributed by atoms with Crippen molar-refractivity contribution in [3.63, 3.8) is 0 Å². The second-order valence-electron chi connectivity index (χ2n) is 7.95. The van der Waals surface area contributed by atoms with Crippen LogP contribution in [0.5, 0.6) is 0 Å². The Kier molecular flexibility index (Phi) is 7.03. The number of nitrogens with zero attached hydrogens (tertiary/aromatic N) is 5. The third-order valence-corrected chi connectivity index (χ3v) is 7.07. The van der Waals surface area contributed by atoms with Crippen molar-refractivity contribution < 1.29 is 9.90 Å². The Morgan fingerprint density at radius 1 is 0.921 bits per heavy atom. The highest BCUT2D eigenvalue weighted by Crippen LogP contribution is 2.28. The van der Waals surface area contributed by atoms with Crippen LogP contribution in [0.25, 0.3) is 38.6 Å². The second kappa shape index (κ2) is 10.7. The molecule has 0 unspecified atom stereocenters. The third-order valence-electron chi connectivity index (χ3n) is 5.24. The van der Waals surface area contributed by atoms with Crippen LogP contribution in [0.15, 0.2) is 94.0 Å². The molecule has 4 aromatic heterocycles. The molecular weight excluding hydrogens is 522 g/mol. The molecule has 11 heteroatoms. The molecule has 0 fully saturated rings. The minimum Gasteiger partial charge on any atom is -0.481 e. The van der Waals surface area contributed by atoms with Gasteiger partial charge in [-0.3, -0.25) is 14.4 Å². The lowest BCUT2D eigenvalue weighted by Crippen LogP contribution is -2.26. The van der Waals surface area contributed by atoms with Crippen LogP contribution in [0.3, 0.4) is 0 Å². The number of benzene rings is 2. The van der Waals surface area contributed by atoms with Crippen LogP contribution in [-0.4, -0.2) is 35.5 Å². The standard InChI is InChI=1S/C25H15N5O2S2.C2H4O2/c31-23-22(16-8-3-1-4-9-16)28-30-24(32)20(34-25(30)26-23)14-17-15-29(18-10-5-2-6-11-18)27-21(17)19-12-7-13-33-19;1-2(3)4/h1-15H;1H3,(H,3,4)/b20-14-;. The number of hydrogen-bond donors (Lipinski definition) is 1. The van der Waals surface area contributed by atoms with Gasteiger partial charge < -0.3 is 5.11 Å². The Hall–Kier alpha value is -4.74. The molecule has 0 aliphatic carbocycles. The number of thiazole rings is 1. The fourth-order valence-electron chi connectivity index (χ4n) is 3.64. The average molecular weight is 542 g/mol. The van der Waals surface area contributed by atoms with Gasteiger partial charge in [0.25, 0.3) is 11.5 Å². The molecule has 0 aliphatic rings. The first-order valence-corrected chi connectivity index (χ1v) is 13.0. The molecule has 2 aromatic carbocycles. The Bertz CT molecular complexity index is 1890. The molecule has 0 spiro atoms. The van der Waals surface area contributed by atoms with Gasteiger partial charge in [0.2, 0.25) is 4.96 Å². The summed E-state index contributed by atoms with van der Waals surface area (Å²) < 4.78 is 3.42. The molecule has 4 heterocycles. The quantitative estimate of drug-likeness (QED) is 0.361. The molecule has 0 atom stereocenters. The monoisotopic (exact) mass is 541 g/mol. The molecule has 0 bridgehead atoms. The van der Waals surface area contributed by atoms with Crippen molar-refractivity contribution >= 4 is 39.7 Å². The van der Waals surface area contributed by atoms with Crippen LogP contribution in [0.2, 0.25) is 0 Å². The molecule has 38 heavy (non-hydrogen) atoms. The normalized spacial score (nSPS) is 11.3. The number of rotatable bonds is 4. The number of aliphatic carboxylic acids is 1. The minimum atomic E-state index is -0.833. The molecule has 1 N–H and O–H groups in total. The zero-order chi connectivity index (χ0) is 26.6. The maximum absolute atomic E-state index is 13.2. The zero-order valence-corrected chi connectivity index (χ0v) is 21.5. The summed E-state index contributed by atoms with van der Waals surface area (Å²) in [4.78, 5) is 40.2. The van der Waals surface area contributed by atoms with Gasteiger partial charge in [-0.25, -0.2) is 4.68 Å². The lowest BCUT2D eigenvalue weighted by molar-refractivity contribution is -0.134. The van der Waals surface area contributed by atoms with Gasteiger partial charge in [0.05, 0.1) is 15.1 Å². The summed E-state index contributed by atoms with van der Waals surface area (Å²) in [7, 11) is 0. The first kappa shape index (κ1) is 24.9. The first-order chi connectivity index (χ1) is 18.4. The van der Waals surface area contributed by atoms with Crippen molar-refractivity contribution in [2.24, 2.45) is 0 Å². The van der Waals surface area contributed by atoms with E-state index in [1.165, 1.54) is 4.52 Å². The molecule has 6 rings (SSSR count). The molecule has 0 saturated carbocycles. The highest BCUT2D eigenvalue weighted by atomic mass is 32.1. The van der Waals surface area contributed by atoms with Crippen LogP contribution in [-0.2, 0) is 4.79 Å². The second-order valence-corrected chi connectivity index (χ2v) is 9.91. The molecule has 0 saturated heterocycles. The van der Waals surface area contributed by atoms with Crippen molar-refractivity contribution in [3.05, 3.63) is 115 Å². The predicted molar refractivity (Wildman–Crippen MR) is 148 cm³/mol. The van der Waals surface area contributed by atoms with Crippen molar-refractivity contribution in [2.75, 3.05) is 0 Å².